The van der Waals surface area contributed by atoms with Crippen molar-refractivity contribution in [1.82, 2.24) is 10.2 Å². The van der Waals surface area contributed by atoms with Crippen molar-refractivity contribution in [2.24, 2.45) is 11.3 Å². The molecule has 0 radical (unpaired) electrons. The van der Waals surface area contributed by atoms with E-state index in [-0.39, 0.29) is 0 Å². The van der Waals surface area contributed by atoms with E-state index in [0.29, 0.717) is 11.5 Å². The minimum Gasteiger partial charge on any atom is -0.381 e. The van der Waals surface area contributed by atoms with Gasteiger partial charge < -0.3 is 15.0 Å². The molecule has 3 heteroatoms. The summed E-state index contributed by atoms with van der Waals surface area (Å²) in [6, 6.07) is 0.640. The number of rotatable bonds is 4. The quantitative estimate of drug-likeness (QED) is 0.832. The number of nitrogens with zero attached hydrogens (tertiary/aromatic N) is 1. The van der Waals surface area contributed by atoms with Crippen LogP contribution in [0.2, 0.25) is 0 Å². The largest absolute Gasteiger partial charge is 0.381 e. The van der Waals surface area contributed by atoms with E-state index in [9.17, 15) is 0 Å². The molecule has 3 nitrogen and oxygen atoms in total. The van der Waals surface area contributed by atoms with Gasteiger partial charge in [0.05, 0.1) is 6.61 Å². The fraction of sp³-hybridized carbons (Fsp3) is 1.00. The van der Waals surface area contributed by atoms with Crippen molar-refractivity contribution < 1.29 is 4.74 Å². The molecular formula is C15H30N2O. The Bertz CT molecular complexity index is 249. The van der Waals surface area contributed by atoms with E-state index in [1.54, 1.807) is 0 Å². The van der Waals surface area contributed by atoms with Gasteiger partial charge in [0.25, 0.3) is 0 Å². The van der Waals surface area contributed by atoms with Crippen molar-refractivity contribution in [2.45, 2.75) is 45.6 Å². The van der Waals surface area contributed by atoms with E-state index in [2.05, 4.69) is 31.1 Å². The second kappa shape index (κ2) is 6.36. The lowest BCUT2D eigenvalue weighted by Gasteiger charge is -2.42. The predicted molar refractivity (Wildman–Crippen MR) is 75.8 cm³/mol. The molecule has 2 atom stereocenters. The predicted octanol–water partition coefficient (Wildman–Crippen LogP) is 2.12. The zero-order valence-electron chi connectivity index (χ0n) is 12.4. The molecule has 0 aromatic carbocycles. The number of hydrogen-bond donors (Lipinski definition) is 1. The first-order valence-electron chi connectivity index (χ1n) is 7.57. The molecule has 2 aliphatic heterocycles. The van der Waals surface area contributed by atoms with Gasteiger partial charge in [-0.1, -0.05) is 13.8 Å². The van der Waals surface area contributed by atoms with Crippen LogP contribution in [0.5, 0.6) is 0 Å². The molecule has 18 heavy (non-hydrogen) atoms. The van der Waals surface area contributed by atoms with Gasteiger partial charge in [-0.05, 0) is 50.6 Å². The number of hydrogen-bond acceptors (Lipinski definition) is 3. The zero-order chi connectivity index (χ0) is 13.0. The molecule has 0 saturated carbocycles. The van der Waals surface area contributed by atoms with Crippen LogP contribution in [-0.4, -0.2) is 50.8 Å². The van der Waals surface area contributed by atoms with Gasteiger partial charge in [0.1, 0.15) is 0 Å². The van der Waals surface area contributed by atoms with Gasteiger partial charge in [-0.25, -0.2) is 0 Å². The first-order chi connectivity index (χ1) is 8.58. The number of piperidine rings is 1. The van der Waals surface area contributed by atoms with Crippen molar-refractivity contribution in [2.75, 3.05) is 39.9 Å². The Morgan fingerprint density at radius 3 is 2.78 bits per heavy atom. The number of nitrogens with one attached hydrogen (secondary N) is 1. The maximum atomic E-state index is 5.57. The smallest absolute Gasteiger partial charge is 0.0506 e. The van der Waals surface area contributed by atoms with E-state index in [1.807, 2.05) is 0 Å². The summed E-state index contributed by atoms with van der Waals surface area (Å²) in [5.41, 5.74) is 0.440. The Morgan fingerprint density at radius 1 is 1.28 bits per heavy atom. The van der Waals surface area contributed by atoms with Crippen LogP contribution in [0.3, 0.4) is 0 Å². The molecule has 106 valence electrons. The third-order valence-corrected chi connectivity index (χ3v) is 4.65. The maximum Gasteiger partial charge on any atom is 0.0506 e. The summed E-state index contributed by atoms with van der Waals surface area (Å²) >= 11 is 0. The Labute approximate surface area is 112 Å². The second-order valence-electron chi connectivity index (χ2n) is 6.90. The van der Waals surface area contributed by atoms with Crippen LogP contribution in [0.15, 0.2) is 0 Å². The van der Waals surface area contributed by atoms with Crippen LogP contribution in [0.1, 0.15) is 39.5 Å². The molecule has 0 spiro atoms. The lowest BCUT2D eigenvalue weighted by atomic mass is 9.77. The summed E-state index contributed by atoms with van der Waals surface area (Å²) in [5.74, 6) is 0.746. The molecule has 2 unspecified atom stereocenters. The SMILES string of the molecule is CN(CC1CCCOC1)CC1NCCCC1(C)C. The molecule has 2 rings (SSSR count). The third-order valence-electron chi connectivity index (χ3n) is 4.65. The van der Waals surface area contributed by atoms with E-state index in [1.165, 1.54) is 45.3 Å². The molecule has 2 heterocycles. The van der Waals surface area contributed by atoms with Crippen LogP contribution < -0.4 is 5.32 Å². The van der Waals surface area contributed by atoms with Crippen LogP contribution in [0.4, 0.5) is 0 Å². The molecule has 2 fully saturated rings. The van der Waals surface area contributed by atoms with Crippen molar-refractivity contribution in [3.63, 3.8) is 0 Å². The third kappa shape index (κ3) is 3.94. The summed E-state index contributed by atoms with van der Waals surface area (Å²) in [5, 5.41) is 3.70. The first kappa shape index (κ1) is 14.3. The van der Waals surface area contributed by atoms with Gasteiger partial charge in [0, 0.05) is 25.7 Å². The molecule has 1 N–H and O–H groups in total. The Hall–Kier alpha value is -0.120. The van der Waals surface area contributed by atoms with Gasteiger partial charge in [-0.2, -0.15) is 0 Å². The standard InChI is InChI=1S/C15H30N2O/c1-15(2)7-5-8-16-14(15)11-17(3)10-13-6-4-9-18-12-13/h13-14,16H,4-12H2,1-3H3. The minimum absolute atomic E-state index is 0.440. The molecule has 0 amide bonds. The zero-order valence-corrected chi connectivity index (χ0v) is 12.4. The molecule has 0 bridgehead atoms. The van der Waals surface area contributed by atoms with Gasteiger partial charge >= 0.3 is 0 Å². The van der Waals surface area contributed by atoms with Gasteiger partial charge in [-0.3, -0.25) is 0 Å². The van der Waals surface area contributed by atoms with Crippen LogP contribution in [0, 0.1) is 11.3 Å². The fourth-order valence-electron chi connectivity index (χ4n) is 3.36. The van der Waals surface area contributed by atoms with Crippen molar-refractivity contribution in [3.05, 3.63) is 0 Å². The van der Waals surface area contributed by atoms with E-state index in [0.717, 1.165) is 19.1 Å². The van der Waals surface area contributed by atoms with E-state index in [4.69, 9.17) is 4.74 Å². The number of likely N-dealkylation sites (N-methyl/N-ethyl adjacent to an activating group) is 1. The van der Waals surface area contributed by atoms with Crippen LogP contribution >= 0.6 is 0 Å². The van der Waals surface area contributed by atoms with E-state index >= 15 is 0 Å². The van der Waals surface area contributed by atoms with Crippen molar-refractivity contribution >= 4 is 0 Å². The highest BCUT2D eigenvalue weighted by Gasteiger charge is 2.32. The van der Waals surface area contributed by atoms with Crippen molar-refractivity contribution in [1.29, 1.82) is 0 Å². The molecular weight excluding hydrogens is 224 g/mol. The van der Waals surface area contributed by atoms with Gasteiger partial charge in [0.2, 0.25) is 0 Å². The highest BCUT2D eigenvalue weighted by Crippen LogP contribution is 2.30. The summed E-state index contributed by atoms with van der Waals surface area (Å²) in [6.07, 6.45) is 5.26. The highest BCUT2D eigenvalue weighted by molar-refractivity contribution is 4.90. The van der Waals surface area contributed by atoms with Crippen LogP contribution in [-0.2, 0) is 4.74 Å². The molecule has 0 aliphatic carbocycles. The minimum atomic E-state index is 0.440. The lowest BCUT2D eigenvalue weighted by molar-refractivity contribution is 0.0368. The highest BCUT2D eigenvalue weighted by atomic mass is 16.5. The monoisotopic (exact) mass is 254 g/mol. The Morgan fingerprint density at radius 2 is 2.11 bits per heavy atom. The molecule has 0 aromatic rings. The molecule has 0 aromatic heterocycles. The fourth-order valence-corrected chi connectivity index (χ4v) is 3.36. The summed E-state index contributed by atoms with van der Waals surface area (Å²) in [7, 11) is 2.26. The average Bonchev–Trinajstić information content (AvgIpc) is 2.33. The molecule has 2 aliphatic rings. The van der Waals surface area contributed by atoms with Gasteiger partial charge in [-0.15, -0.1) is 0 Å². The van der Waals surface area contributed by atoms with Crippen LogP contribution in [0.25, 0.3) is 0 Å². The Balaban J connectivity index is 1.77. The lowest BCUT2D eigenvalue weighted by Crippen LogP contribution is -2.52. The normalized spacial score (nSPS) is 32.7. The average molecular weight is 254 g/mol. The maximum absolute atomic E-state index is 5.57. The first-order valence-corrected chi connectivity index (χ1v) is 7.57. The van der Waals surface area contributed by atoms with Crippen molar-refractivity contribution in [3.8, 4) is 0 Å². The van der Waals surface area contributed by atoms with E-state index < -0.39 is 0 Å². The van der Waals surface area contributed by atoms with Gasteiger partial charge in [0.15, 0.2) is 0 Å². The summed E-state index contributed by atoms with van der Waals surface area (Å²) in [6.45, 7) is 10.3. The summed E-state index contributed by atoms with van der Waals surface area (Å²) in [4.78, 5) is 2.50. The molecule has 2 saturated heterocycles. The summed E-state index contributed by atoms with van der Waals surface area (Å²) < 4.78 is 5.57. The topological polar surface area (TPSA) is 24.5 Å². The number of ether oxygens (including phenoxy) is 1. The Kier molecular flexibility index (Phi) is 5.05. The second-order valence-corrected chi connectivity index (χ2v) is 6.90.